The van der Waals surface area contributed by atoms with E-state index in [1.165, 1.54) is 12.1 Å². The zero-order valence-corrected chi connectivity index (χ0v) is 20.2. The molecule has 3 aromatic rings. The molecule has 2 N–H and O–H groups in total. The Labute approximate surface area is 207 Å². The standard InChI is InChI=1S/C28H28F3NO4/c1-17(2)26(36-23-11-6-20(7-12-23)27(35)32-15-14-25(33)34)24-13-8-21(16-18(24)3)19-4-9-22(10-5-19)28(29,30)31/h4-13,16-17,26H,14-15H2,1-3H3,(H,32,35)(H,33,34)/t26-/m1/s1. The second kappa shape index (κ2) is 11.3. The van der Waals surface area contributed by atoms with Gasteiger partial charge in [-0.25, -0.2) is 0 Å². The van der Waals surface area contributed by atoms with Gasteiger partial charge in [0.05, 0.1) is 12.0 Å². The first-order valence-corrected chi connectivity index (χ1v) is 11.5. The first kappa shape index (κ1) is 26.8. The number of aliphatic carboxylic acids is 1. The Morgan fingerprint density at radius 1 is 0.944 bits per heavy atom. The van der Waals surface area contributed by atoms with E-state index >= 15 is 0 Å². The Bertz CT molecular complexity index is 1200. The van der Waals surface area contributed by atoms with Crippen LogP contribution in [-0.4, -0.2) is 23.5 Å². The Morgan fingerprint density at radius 2 is 1.56 bits per heavy atom. The largest absolute Gasteiger partial charge is 0.485 e. The van der Waals surface area contributed by atoms with E-state index in [0.29, 0.717) is 16.9 Å². The van der Waals surface area contributed by atoms with E-state index in [1.54, 1.807) is 24.3 Å². The molecule has 0 aliphatic heterocycles. The highest BCUT2D eigenvalue weighted by Crippen LogP contribution is 2.34. The Kier molecular flexibility index (Phi) is 8.40. The third kappa shape index (κ3) is 6.87. The highest BCUT2D eigenvalue weighted by molar-refractivity contribution is 5.94. The number of carbonyl (C=O) groups excluding carboxylic acids is 1. The summed E-state index contributed by atoms with van der Waals surface area (Å²) >= 11 is 0. The van der Waals surface area contributed by atoms with Crippen molar-refractivity contribution in [1.82, 2.24) is 5.32 Å². The molecular formula is C28H28F3NO4. The van der Waals surface area contributed by atoms with E-state index in [9.17, 15) is 22.8 Å². The van der Waals surface area contributed by atoms with Crippen LogP contribution in [0.2, 0.25) is 0 Å². The fourth-order valence-corrected chi connectivity index (χ4v) is 3.80. The quantitative estimate of drug-likeness (QED) is 0.345. The lowest BCUT2D eigenvalue weighted by Gasteiger charge is -2.25. The fraction of sp³-hybridized carbons (Fsp3) is 0.286. The molecule has 36 heavy (non-hydrogen) atoms. The summed E-state index contributed by atoms with van der Waals surface area (Å²) in [5, 5.41) is 11.2. The Morgan fingerprint density at radius 3 is 2.08 bits per heavy atom. The van der Waals surface area contributed by atoms with Crippen molar-refractivity contribution >= 4 is 11.9 Å². The van der Waals surface area contributed by atoms with E-state index in [4.69, 9.17) is 9.84 Å². The van der Waals surface area contributed by atoms with Crippen LogP contribution in [0.3, 0.4) is 0 Å². The number of hydrogen-bond donors (Lipinski definition) is 2. The van der Waals surface area contributed by atoms with Gasteiger partial charge >= 0.3 is 12.1 Å². The molecule has 0 saturated heterocycles. The molecule has 3 rings (SSSR count). The number of carboxylic acids is 1. The average Bonchev–Trinajstić information content (AvgIpc) is 2.82. The third-order valence-corrected chi connectivity index (χ3v) is 5.73. The van der Waals surface area contributed by atoms with Crippen LogP contribution in [0.15, 0.2) is 66.7 Å². The fourth-order valence-electron chi connectivity index (χ4n) is 3.80. The van der Waals surface area contributed by atoms with Gasteiger partial charge in [-0.1, -0.05) is 44.2 Å². The SMILES string of the molecule is Cc1cc(-c2ccc(C(F)(F)F)cc2)ccc1[C@H](Oc1ccc(C(=O)NCCC(=O)O)cc1)C(C)C. The molecule has 0 saturated carbocycles. The maximum absolute atomic E-state index is 12.9. The number of nitrogens with one attached hydrogen (secondary N) is 1. The summed E-state index contributed by atoms with van der Waals surface area (Å²) in [6.07, 6.45) is -4.82. The van der Waals surface area contributed by atoms with Crippen molar-refractivity contribution in [3.05, 3.63) is 89.0 Å². The molecule has 0 bridgehead atoms. The van der Waals surface area contributed by atoms with E-state index < -0.39 is 17.7 Å². The molecule has 1 amide bonds. The smallest absolute Gasteiger partial charge is 0.416 e. The van der Waals surface area contributed by atoms with Crippen molar-refractivity contribution in [3.8, 4) is 16.9 Å². The predicted octanol–water partition coefficient (Wildman–Crippen LogP) is 6.66. The minimum Gasteiger partial charge on any atom is -0.485 e. The molecule has 1 atom stereocenters. The summed E-state index contributed by atoms with van der Waals surface area (Å²) in [6.45, 7) is 6.03. The van der Waals surface area contributed by atoms with Crippen LogP contribution in [-0.2, 0) is 11.0 Å². The lowest BCUT2D eigenvalue weighted by molar-refractivity contribution is -0.138. The highest BCUT2D eigenvalue weighted by atomic mass is 19.4. The summed E-state index contributed by atoms with van der Waals surface area (Å²) in [7, 11) is 0. The number of aryl methyl sites for hydroxylation is 1. The van der Waals surface area contributed by atoms with Crippen molar-refractivity contribution < 1.29 is 32.6 Å². The first-order valence-electron chi connectivity index (χ1n) is 11.5. The van der Waals surface area contributed by atoms with E-state index in [0.717, 1.165) is 28.8 Å². The molecule has 0 aliphatic carbocycles. The number of alkyl halides is 3. The van der Waals surface area contributed by atoms with Gasteiger partial charge in [0.1, 0.15) is 11.9 Å². The number of halogens is 3. The molecule has 190 valence electrons. The monoisotopic (exact) mass is 499 g/mol. The second-order valence-corrected chi connectivity index (χ2v) is 8.85. The Balaban J connectivity index is 1.74. The summed E-state index contributed by atoms with van der Waals surface area (Å²) in [4.78, 5) is 22.7. The van der Waals surface area contributed by atoms with E-state index in [1.807, 2.05) is 39.0 Å². The normalized spacial score (nSPS) is 12.3. The van der Waals surface area contributed by atoms with Gasteiger partial charge in [0.2, 0.25) is 0 Å². The van der Waals surface area contributed by atoms with Gasteiger partial charge in [-0.15, -0.1) is 0 Å². The molecule has 5 nitrogen and oxygen atoms in total. The van der Waals surface area contributed by atoms with Gasteiger partial charge in [0.25, 0.3) is 5.91 Å². The van der Waals surface area contributed by atoms with Crippen LogP contribution in [0.1, 0.15) is 53.4 Å². The van der Waals surface area contributed by atoms with Crippen LogP contribution >= 0.6 is 0 Å². The van der Waals surface area contributed by atoms with Gasteiger partial charge < -0.3 is 15.2 Å². The second-order valence-electron chi connectivity index (χ2n) is 8.85. The number of hydrogen-bond acceptors (Lipinski definition) is 3. The van der Waals surface area contributed by atoms with Crippen molar-refractivity contribution in [1.29, 1.82) is 0 Å². The van der Waals surface area contributed by atoms with Crippen LogP contribution in [0.4, 0.5) is 13.2 Å². The number of carboxylic acid groups (broad SMARTS) is 1. The minimum atomic E-state index is -4.37. The van der Waals surface area contributed by atoms with E-state index in [-0.39, 0.29) is 30.9 Å². The van der Waals surface area contributed by atoms with Crippen LogP contribution < -0.4 is 10.1 Å². The number of amides is 1. The van der Waals surface area contributed by atoms with Crippen LogP contribution in [0.5, 0.6) is 5.75 Å². The topological polar surface area (TPSA) is 75.6 Å². The summed E-state index contributed by atoms with van der Waals surface area (Å²) in [6, 6.07) is 17.4. The number of carbonyl (C=O) groups is 2. The molecule has 0 heterocycles. The molecule has 0 radical (unpaired) electrons. The molecule has 0 spiro atoms. The van der Waals surface area contributed by atoms with Gasteiger partial charge in [0.15, 0.2) is 0 Å². The van der Waals surface area contributed by atoms with Gasteiger partial charge in [-0.2, -0.15) is 13.2 Å². The van der Waals surface area contributed by atoms with Crippen molar-refractivity contribution in [2.45, 2.75) is 39.5 Å². The van der Waals surface area contributed by atoms with Gasteiger partial charge in [-0.3, -0.25) is 9.59 Å². The highest BCUT2D eigenvalue weighted by Gasteiger charge is 2.30. The van der Waals surface area contributed by atoms with Crippen LogP contribution in [0, 0.1) is 12.8 Å². The molecular weight excluding hydrogens is 471 g/mol. The van der Waals surface area contributed by atoms with Crippen LogP contribution in [0.25, 0.3) is 11.1 Å². The van der Waals surface area contributed by atoms with Gasteiger partial charge in [0, 0.05) is 12.1 Å². The number of ether oxygens (including phenoxy) is 1. The van der Waals surface area contributed by atoms with Crippen molar-refractivity contribution in [2.75, 3.05) is 6.54 Å². The Hall–Kier alpha value is -3.81. The summed E-state index contributed by atoms with van der Waals surface area (Å²) in [5.41, 5.74) is 3.11. The molecule has 8 heteroatoms. The van der Waals surface area contributed by atoms with Crippen molar-refractivity contribution in [3.63, 3.8) is 0 Å². The zero-order chi connectivity index (χ0) is 26.5. The maximum atomic E-state index is 12.9. The zero-order valence-electron chi connectivity index (χ0n) is 20.2. The first-order chi connectivity index (χ1) is 17.0. The molecule has 0 aromatic heterocycles. The maximum Gasteiger partial charge on any atom is 0.416 e. The molecule has 0 fully saturated rings. The number of benzene rings is 3. The predicted molar refractivity (Wildman–Crippen MR) is 131 cm³/mol. The molecule has 0 aliphatic rings. The summed E-state index contributed by atoms with van der Waals surface area (Å²) < 4.78 is 44.9. The third-order valence-electron chi connectivity index (χ3n) is 5.73. The number of rotatable bonds is 9. The van der Waals surface area contributed by atoms with E-state index in [2.05, 4.69) is 5.32 Å². The summed E-state index contributed by atoms with van der Waals surface area (Å²) in [5.74, 6) is -0.666. The lowest BCUT2D eigenvalue weighted by atomic mass is 9.92. The van der Waals surface area contributed by atoms with Crippen molar-refractivity contribution in [2.24, 2.45) is 5.92 Å². The average molecular weight is 500 g/mol. The molecule has 3 aromatic carbocycles. The lowest BCUT2D eigenvalue weighted by Crippen LogP contribution is -2.25. The minimum absolute atomic E-state index is 0.0452. The molecule has 0 unspecified atom stereocenters. The van der Waals surface area contributed by atoms with Gasteiger partial charge in [-0.05, 0) is 71.5 Å².